The van der Waals surface area contributed by atoms with Gasteiger partial charge in [-0.25, -0.2) is 0 Å². The number of halogens is 2. The van der Waals surface area contributed by atoms with Crippen LogP contribution in [0.1, 0.15) is 22.5 Å². The number of hydrogen-bond acceptors (Lipinski definition) is 4. The van der Waals surface area contributed by atoms with Gasteiger partial charge in [-0.15, -0.1) is 11.3 Å². The maximum atomic E-state index is 12.0. The smallest absolute Gasteiger partial charge is 0.387 e. The Morgan fingerprint density at radius 2 is 2.22 bits per heavy atom. The molecule has 0 atom stereocenters. The van der Waals surface area contributed by atoms with Gasteiger partial charge in [0.05, 0.1) is 0 Å². The zero-order valence-electron chi connectivity index (χ0n) is 9.19. The molecule has 1 heterocycles. The van der Waals surface area contributed by atoms with Gasteiger partial charge < -0.3 is 15.2 Å². The Morgan fingerprint density at radius 1 is 1.50 bits per heavy atom. The fourth-order valence-electron chi connectivity index (χ4n) is 1.17. The molecule has 0 fully saturated rings. The van der Waals surface area contributed by atoms with Crippen LogP contribution in [0.15, 0.2) is 11.4 Å². The van der Waals surface area contributed by atoms with Crippen molar-refractivity contribution in [2.24, 2.45) is 0 Å². The Morgan fingerprint density at radius 3 is 2.83 bits per heavy atom. The van der Waals surface area contributed by atoms with Gasteiger partial charge in [0.25, 0.3) is 5.91 Å². The Bertz CT molecular complexity index is 422. The number of carbonyl (C=O) groups is 2. The van der Waals surface area contributed by atoms with E-state index in [4.69, 9.17) is 5.11 Å². The van der Waals surface area contributed by atoms with Gasteiger partial charge in [0.1, 0.15) is 10.6 Å². The van der Waals surface area contributed by atoms with Crippen LogP contribution in [0.3, 0.4) is 0 Å². The van der Waals surface area contributed by atoms with Gasteiger partial charge in [-0.3, -0.25) is 9.59 Å². The normalized spacial score (nSPS) is 10.4. The van der Waals surface area contributed by atoms with Crippen molar-refractivity contribution in [2.75, 3.05) is 6.54 Å². The lowest BCUT2D eigenvalue weighted by atomic mass is 10.3. The maximum Gasteiger partial charge on any atom is 0.387 e. The summed E-state index contributed by atoms with van der Waals surface area (Å²) in [6.45, 7) is -2.82. The Balaban J connectivity index is 2.46. The van der Waals surface area contributed by atoms with Gasteiger partial charge in [0.2, 0.25) is 0 Å². The summed E-state index contributed by atoms with van der Waals surface area (Å²) < 4.78 is 28.2. The third-order valence-corrected chi connectivity index (χ3v) is 2.80. The number of aliphatic carboxylic acids is 1. The monoisotopic (exact) mass is 279 g/mol. The molecule has 0 radical (unpaired) electrons. The van der Waals surface area contributed by atoms with Gasteiger partial charge in [-0.2, -0.15) is 8.78 Å². The highest BCUT2D eigenvalue weighted by Crippen LogP contribution is 2.26. The molecule has 0 saturated carbocycles. The van der Waals surface area contributed by atoms with E-state index < -0.39 is 18.5 Å². The Hall–Kier alpha value is -1.70. The molecule has 0 spiro atoms. The second kappa shape index (κ2) is 6.90. The summed E-state index contributed by atoms with van der Waals surface area (Å²) in [7, 11) is 0. The second-order valence-electron chi connectivity index (χ2n) is 3.25. The number of amides is 1. The summed E-state index contributed by atoms with van der Waals surface area (Å²) in [5, 5.41) is 12.3. The van der Waals surface area contributed by atoms with Crippen LogP contribution in [0.4, 0.5) is 8.78 Å². The molecule has 8 heteroatoms. The molecule has 18 heavy (non-hydrogen) atoms. The van der Waals surface area contributed by atoms with Crippen molar-refractivity contribution in [3.05, 3.63) is 16.3 Å². The fraction of sp³-hybridized carbons (Fsp3) is 0.400. The minimum Gasteiger partial charge on any atom is -0.481 e. The van der Waals surface area contributed by atoms with Crippen molar-refractivity contribution in [1.82, 2.24) is 5.32 Å². The van der Waals surface area contributed by atoms with Crippen LogP contribution in [0.2, 0.25) is 0 Å². The van der Waals surface area contributed by atoms with Gasteiger partial charge >= 0.3 is 12.6 Å². The van der Waals surface area contributed by atoms with E-state index in [0.717, 1.165) is 11.3 Å². The lowest BCUT2D eigenvalue weighted by molar-refractivity contribution is -0.137. The molecule has 2 N–H and O–H groups in total. The molecule has 1 aromatic rings. The SMILES string of the molecule is O=C(O)CCCNC(=O)c1sccc1OC(F)F. The average molecular weight is 279 g/mol. The van der Waals surface area contributed by atoms with E-state index in [1.165, 1.54) is 11.4 Å². The van der Waals surface area contributed by atoms with Crippen molar-refractivity contribution < 1.29 is 28.2 Å². The van der Waals surface area contributed by atoms with E-state index in [1.54, 1.807) is 0 Å². The summed E-state index contributed by atoms with van der Waals surface area (Å²) in [5.41, 5.74) is 0. The first-order valence-electron chi connectivity index (χ1n) is 5.03. The van der Waals surface area contributed by atoms with E-state index in [-0.39, 0.29) is 30.0 Å². The number of thiophene rings is 1. The predicted molar refractivity (Wildman–Crippen MR) is 60.2 cm³/mol. The molecule has 1 rings (SSSR count). The minimum absolute atomic E-state index is 0.0469. The molecular weight excluding hydrogens is 268 g/mol. The summed E-state index contributed by atoms with van der Waals surface area (Å²) in [6.07, 6.45) is 0.211. The number of carboxylic acid groups (broad SMARTS) is 1. The number of alkyl halides is 2. The third-order valence-electron chi connectivity index (χ3n) is 1.90. The summed E-state index contributed by atoms with van der Waals surface area (Å²) >= 11 is 0.977. The van der Waals surface area contributed by atoms with Crippen LogP contribution in [-0.4, -0.2) is 30.1 Å². The minimum atomic E-state index is -2.99. The molecule has 1 aromatic heterocycles. The Labute approximate surface area is 105 Å². The maximum absolute atomic E-state index is 12.0. The van der Waals surface area contributed by atoms with E-state index >= 15 is 0 Å². The fourth-order valence-corrected chi connectivity index (χ4v) is 1.91. The highest BCUT2D eigenvalue weighted by molar-refractivity contribution is 7.12. The summed E-state index contributed by atoms with van der Waals surface area (Å²) in [5.74, 6) is -1.68. The molecule has 0 bridgehead atoms. The van der Waals surface area contributed by atoms with E-state index in [2.05, 4.69) is 10.1 Å². The van der Waals surface area contributed by atoms with Crippen LogP contribution in [0.5, 0.6) is 5.75 Å². The van der Waals surface area contributed by atoms with Crippen LogP contribution in [-0.2, 0) is 4.79 Å². The standard InChI is InChI=1S/C10H11F2NO4S/c11-10(12)17-6-3-5-18-8(6)9(16)13-4-1-2-7(14)15/h3,5,10H,1-2,4H2,(H,13,16)(H,14,15). The first kappa shape index (κ1) is 14.4. The zero-order valence-corrected chi connectivity index (χ0v) is 10.0. The molecule has 5 nitrogen and oxygen atoms in total. The average Bonchev–Trinajstić information content (AvgIpc) is 2.71. The highest BCUT2D eigenvalue weighted by Gasteiger charge is 2.16. The van der Waals surface area contributed by atoms with Gasteiger partial charge in [0.15, 0.2) is 0 Å². The van der Waals surface area contributed by atoms with Crippen molar-refractivity contribution in [3.8, 4) is 5.75 Å². The van der Waals surface area contributed by atoms with Crippen molar-refractivity contribution in [2.45, 2.75) is 19.5 Å². The lowest BCUT2D eigenvalue weighted by Gasteiger charge is -2.06. The van der Waals surface area contributed by atoms with Crippen molar-refractivity contribution >= 4 is 23.2 Å². The Kier molecular flexibility index (Phi) is 5.50. The van der Waals surface area contributed by atoms with Crippen molar-refractivity contribution in [3.63, 3.8) is 0 Å². The molecule has 0 aliphatic carbocycles. The molecule has 0 aromatic carbocycles. The van der Waals surface area contributed by atoms with Crippen LogP contribution in [0, 0.1) is 0 Å². The number of hydrogen-bond donors (Lipinski definition) is 2. The molecule has 0 saturated heterocycles. The van der Waals surface area contributed by atoms with E-state index in [9.17, 15) is 18.4 Å². The predicted octanol–water partition coefficient (Wildman–Crippen LogP) is 1.94. The van der Waals surface area contributed by atoms with Gasteiger partial charge in [-0.1, -0.05) is 0 Å². The molecular formula is C10H11F2NO4S. The van der Waals surface area contributed by atoms with Gasteiger partial charge in [-0.05, 0) is 17.9 Å². The molecule has 0 aliphatic heterocycles. The highest BCUT2D eigenvalue weighted by atomic mass is 32.1. The number of carbonyl (C=O) groups excluding carboxylic acids is 1. The van der Waals surface area contributed by atoms with Crippen LogP contribution in [0.25, 0.3) is 0 Å². The van der Waals surface area contributed by atoms with E-state index in [0.29, 0.717) is 0 Å². The van der Waals surface area contributed by atoms with Gasteiger partial charge in [0, 0.05) is 13.0 Å². The first-order chi connectivity index (χ1) is 8.50. The van der Waals surface area contributed by atoms with E-state index in [1.807, 2.05) is 0 Å². The zero-order chi connectivity index (χ0) is 13.5. The second-order valence-corrected chi connectivity index (χ2v) is 4.16. The molecule has 0 aliphatic rings. The molecule has 1 amide bonds. The largest absolute Gasteiger partial charge is 0.481 e. The van der Waals surface area contributed by atoms with Crippen molar-refractivity contribution in [1.29, 1.82) is 0 Å². The quantitative estimate of drug-likeness (QED) is 0.748. The summed E-state index contributed by atoms with van der Waals surface area (Å²) in [6, 6.07) is 1.28. The number of rotatable bonds is 7. The number of ether oxygens (including phenoxy) is 1. The molecule has 0 unspecified atom stereocenters. The van der Waals surface area contributed by atoms with Crippen LogP contribution >= 0.6 is 11.3 Å². The third kappa shape index (κ3) is 4.66. The van der Waals surface area contributed by atoms with Crippen LogP contribution < -0.4 is 10.1 Å². The lowest BCUT2D eigenvalue weighted by Crippen LogP contribution is -2.24. The topological polar surface area (TPSA) is 75.6 Å². The number of nitrogens with one attached hydrogen (secondary N) is 1. The molecule has 100 valence electrons. The summed E-state index contributed by atoms with van der Waals surface area (Å²) in [4.78, 5) is 21.9. The number of carboxylic acids is 1. The first-order valence-corrected chi connectivity index (χ1v) is 5.91.